The molecule has 0 aromatic carbocycles. The first kappa shape index (κ1) is 13.5. The Balaban J connectivity index is 2.63. The Hall–Kier alpha value is -0.523. The number of allylic oxidation sites excluding steroid dienone is 1. The van der Waals surface area contributed by atoms with E-state index in [4.69, 9.17) is 10.8 Å². The summed E-state index contributed by atoms with van der Waals surface area (Å²) < 4.78 is 6.19. The van der Waals surface area contributed by atoms with Crippen molar-refractivity contribution < 1.29 is 4.43 Å². The summed E-state index contributed by atoms with van der Waals surface area (Å²) in [7, 11) is -1.54. The first-order valence-corrected chi connectivity index (χ1v) is 9.58. The van der Waals surface area contributed by atoms with Gasteiger partial charge >= 0.3 is 0 Å². The van der Waals surface area contributed by atoms with Crippen LogP contribution in [0.4, 0.5) is 0 Å². The predicted octanol–water partition coefficient (Wildman–Crippen LogP) is 3.98. The van der Waals surface area contributed by atoms with Crippen LogP contribution in [0, 0.1) is 18.3 Å². The second-order valence-electron chi connectivity index (χ2n) is 5.96. The van der Waals surface area contributed by atoms with E-state index < -0.39 is 8.32 Å². The minimum absolute atomic E-state index is 0.255. The minimum Gasteiger partial charge on any atom is -0.408 e. The van der Waals surface area contributed by atoms with Crippen molar-refractivity contribution in [2.75, 3.05) is 0 Å². The lowest BCUT2D eigenvalue weighted by Gasteiger charge is -2.33. The molecule has 0 spiro atoms. The van der Waals surface area contributed by atoms with E-state index in [1.807, 2.05) is 0 Å². The average Bonchev–Trinajstić information content (AvgIpc) is 1.97. The standard InChI is InChI=1S/C14H24OSi/c1-6-11-14(2,15-16(3,4)5)12-10-13-8-7-9-13/h1,10,12-13H,7-9,11H2,2-5H3/b12-10+/t14-/m0/s1. The summed E-state index contributed by atoms with van der Waals surface area (Å²) in [6, 6.07) is 0. The second-order valence-corrected chi connectivity index (χ2v) is 10.4. The van der Waals surface area contributed by atoms with E-state index in [0.29, 0.717) is 6.42 Å². The van der Waals surface area contributed by atoms with Crippen LogP contribution in [-0.4, -0.2) is 13.9 Å². The molecule has 90 valence electrons. The van der Waals surface area contributed by atoms with Gasteiger partial charge in [-0.3, -0.25) is 0 Å². The summed E-state index contributed by atoms with van der Waals surface area (Å²) >= 11 is 0. The molecule has 0 saturated heterocycles. The maximum Gasteiger partial charge on any atom is 0.184 e. The zero-order valence-electron chi connectivity index (χ0n) is 11.0. The molecule has 0 radical (unpaired) electrons. The molecule has 1 saturated carbocycles. The highest BCUT2D eigenvalue weighted by molar-refractivity contribution is 6.69. The molecular weight excluding hydrogens is 212 g/mol. The zero-order valence-corrected chi connectivity index (χ0v) is 12.0. The van der Waals surface area contributed by atoms with Gasteiger partial charge in [-0.2, -0.15) is 0 Å². The van der Waals surface area contributed by atoms with Gasteiger partial charge in [0.05, 0.1) is 5.60 Å². The van der Waals surface area contributed by atoms with Crippen molar-refractivity contribution >= 4 is 8.32 Å². The molecule has 0 aromatic heterocycles. The zero-order chi connectivity index (χ0) is 12.2. The van der Waals surface area contributed by atoms with Gasteiger partial charge in [0.1, 0.15) is 0 Å². The van der Waals surface area contributed by atoms with E-state index in [1.165, 1.54) is 19.3 Å². The van der Waals surface area contributed by atoms with Crippen molar-refractivity contribution in [3.8, 4) is 12.3 Å². The van der Waals surface area contributed by atoms with Crippen molar-refractivity contribution in [1.82, 2.24) is 0 Å². The molecule has 0 aromatic rings. The van der Waals surface area contributed by atoms with Crippen molar-refractivity contribution in [1.29, 1.82) is 0 Å². The topological polar surface area (TPSA) is 9.23 Å². The van der Waals surface area contributed by atoms with Gasteiger partial charge in [0.25, 0.3) is 0 Å². The summed E-state index contributed by atoms with van der Waals surface area (Å²) in [5.41, 5.74) is -0.255. The highest BCUT2D eigenvalue weighted by Gasteiger charge is 2.29. The van der Waals surface area contributed by atoms with E-state index >= 15 is 0 Å². The van der Waals surface area contributed by atoms with Crippen LogP contribution >= 0.6 is 0 Å². The van der Waals surface area contributed by atoms with Crippen LogP contribution in [0.2, 0.25) is 19.6 Å². The summed E-state index contributed by atoms with van der Waals surface area (Å²) in [6.07, 6.45) is 14.6. The molecule has 1 aliphatic carbocycles. The molecule has 0 amide bonds. The number of rotatable bonds is 5. The van der Waals surface area contributed by atoms with E-state index in [1.54, 1.807) is 0 Å². The van der Waals surface area contributed by atoms with Crippen LogP contribution in [0.5, 0.6) is 0 Å². The van der Waals surface area contributed by atoms with Crippen LogP contribution < -0.4 is 0 Å². The van der Waals surface area contributed by atoms with E-state index in [0.717, 1.165) is 5.92 Å². The fourth-order valence-corrected chi connectivity index (χ4v) is 3.54. The van der Waals surface area contributed by atoms with E-state index in [9.17, 15) is 0 Å². The lowest BCUT2D eigenvalue weighted by molar-refractivity contribution is 0.137. The highest BCUT2D eigenvalue weighted by atomic mass is 28.4. The Morgan fingerprint density at radius 2 is 2.06 bits per heavy atom. The lowest BCUT2D eigenvalue weighted by atomic mass is 9.84. The number of terminal acetylenes is 1. The Labute approximate surface area is 101 Å². The Morgan fingerprint density at radius 3 is 2.44 bits per heavy atom. The van der Waals surface area contributed by atoms with Crippen LogP contribution in [0.3, 0.4) is 0 Å². The summed E-state index contributed by atoms with van der Waals surface area (Å²) in [6.45, 7) is 8.73. The van der Waals surface area contributed by atoms with Crippen LogP contribution in [0.25, 0.3) is 0 Å². The van der Waals surface area contributed by atoms with E-state index in [2.05, 4.69) is 44.6 Å². The third-order valence-corrected chi connectivity index (χ3v) is 3.94. The fraction of sp³-hybridized carbons (Fsp3) is 0.714. The molecule has 2 heteroatoms. The Kier molecular flexibility index (Phi) is 4.40. The SMILES string of the molecule is C#CC[C@@](C)(/C=C/C1CCC1)O[Si](C)(C)C. The van der Waals surface area contributed by atoms with Gasteiger partial charge < -0.3 is 4.43 Å². The van der Waals surface area contributed by atoms with Gasteiger partial charge in [-0.05, 0) is 45.3 Å². The predicted molar refractivity (Wildman–Crippen MR) is 72.8 cm³/mol. The Morgan fingerprint density at radius 1 is 1.44 bits per heavy atom. The molecule has 1 rings (SSSR count). The maximum absolute atomic E-state index is 6.19. The Bertz CT molecular complexity index is 291. The van der Waals surface area contributed by atoms with Crippen molar-refractivity contribution in [2.24, 2.45) is 5.92 Å². The molecular formula is C14H24OSi. The third-order valence-electron chi connectivity index (χ3n) is 2.86. The second kappa shape index (κ2) is 5.20. The van der Waals surface area contributed by atoms with Crippen molar-refractivity contribution in [3.05, 3.63) is 12.2 Å². The molecule has 0 unspecified atom stereocenters. The van der Waals surface area contributed by atoms with Crippen LogP contribution in [-0.2, 0) is 4.43 Å². The number of hydrogen-bond donors (Lipinski definition) is 0. The normalized spacial score (nSPS) is 21.4. The molecule has 1 aliphatic rings. The van der Waals surface area contributed by atoms with Gasteiger partial charge in [-0.1, -0.05) is 18.6 Å². The van der Waals surface area contributed by atoms with Gasteiger partial charge in [0.15, 0.2) is 8.32 Å². The molecule has 0 N–H and O–H groups in total. The first-order chi connectivity index (χ1) is 7.35. The highest BCUT2D eigenvalue weighted by Crippen LogP contribution is 2.30. The first-order valence-electron chi connectivity index (χ1n) is 6.18. The van der Waals surface area contributed by atoms with E-state index in [-0.39, 0.29) is 5.60 Å². The molecule has 16 heavy (non-hydrogen) atoms. The largest absolute Gasteiger partial charge is 0.408 e. The minimum atomic E-state index is -1.54. The molecule has 1 nitrogen and oxygen atoms in total. The number of hydrogen-bond acceptors (Lipinski definition) is 1. The molecule has 0 heterocycles. The summed E-state index contributed by atoms with van der Waals surface area (Å²) in [5, 5.41) is 0. The van der Waals surface area contributed by atoms with Crippen LogP contribution in [0.15, 0.2) is 12.2 Å². The monoisotopic (exact) mass is 236 g/mol. The van der Waals surface area contributed by atoms with Gasteiger partial charge in [0.2, 0.25) is 0 Å². The molecule has 1 atom stereocenters. The van der Waals surface area contributed by atoms with Gasteiger partial charge in [-0.25, -0.2) is 0 Å². The van der Waals surface area contributed by atoms with Crippen molar-refractivity contribution in [3.63, 3.8) is 0 Å². The molecule has 0 bridgehead atoms. The quantitative estimate of drug-likeness (QED) is 0.398. The lowest BCUT2D eigenvalue weighted by Crippen LogP contribution is -2.39. The summed E-state index contributed by atoms with van der Waals surface area (Å²) in [5.74, 6) is 3.50. The van der Waals surface area contributed by atoms with Crippen LogP contribution in [0.1, 0.15) is 32.6 Å². The van der Waals surface area contributed by atoms with Gasteiger partial charge in [-0.15, -0.1) is 12.3 Å². The molecule has 0 aliphatic heterocycles. The maximum atomic E-state index is 6.19. The fourth-order valence-electron chi connectivity index (χ4n) is 2.00. The smallest absolute Gasteiger partial charge is 0.184 e. The summed E-state index contributed by atoms with van der Waals surface area (Å²) in [4.78, 5) is 0. The van der Waals surface area contributed by atoms with Crippen molar-refractivity contribution in [2.45, 2.75) is 57.8 Å². The average molecular weight is 236 g/mol. The third kappa shape index (κ3) is 4.55. The van der Waals surface area contributed by atoms with Gasteiger partial charge in [0, 0.05) is 6.42 Å². The molecule has 1 fully saturated rings.